The summed E-state index contributed by atoms with van der Waals surface area (Å²) in [5.41, 5.74) is 0.612. The quantitative estimate of drug-likeness (QED) is 0.912. The average Bonchev–Trinajstić information content (AvgIpc) is 2.33. The Bertz CT molecular complexity index is 534. The van der Waals surface area contributed by atoms with E-state index in [0.29, 0.717) is 10.6 Å². The molecule has 0 spiro atoms. The van der Waals surface area contributed by atoms with Crippen molar-refractivity contribution >= 4 is 11.8 Å². The first kappa shape index (κ1) is 12.0. The van der Waals surface area contributed by atoms with Crippen molar-refractivity contribution in [2.24, 2.45) is 0 Å². The minimum Gasteiger partial charge on any atom is -0.392 e. The molecular weight excluding hydrogens is 244 g/mol. The number of hydrogen-bond acceptors (Lipinski definition) is 3. The molecule has 0 saturated heterocycles. The third kappa shape index (κ3) is 2.81. The van der Waals surface area contributed by atoms with Crippen molar-refractivity contribution in [3.63, 3.8) is 0 Å². The maximum Gasteiger partial charge on any atom is 0.140 e. The number of halogens is 2. The highest BCUT2D eigenvalue weighted by atomic mass is 32.2. The summed E-state index contributed by atoms with van der Waals surface area (Å²) in [5, 5.41) is 9.62. The van der Waals surface area contributed by atoms with Crippen LogP contribution < -0.4 is 0 Å². The Kier molecular flexibility index (Phi) is 3.71. The minimum atomic E-state index is -0.635. The fourth-order valence-electron chi connectivity index (χ4n) is 1.30. The Morgan fingerprint density at radius 1 is 1.24 bits per heavy atom. The summed E-state index contributed by atoms with van der Waals surface area (Å²) in [6.07, 6.45) is 1.56. The molecule has 88 valence electrons. The number of nitrogens with zero attached hydrogens (tertiary/aromatic N) is 1. The van der Waals surface area contributed by atoms with E-state index in [0.717, 1.165) is 17.8 Å². The largest absolute Gasteiger partial charge is 0.392 e. The van der Waals surface area contributed by atoms with Gasteiger partial charge in [-0.15, -0.1) is 0 Å². The third-order valence-corrected chi connectivity index (χ3v) is 3.23. The summed E-state index contributed by atoms with van der Waals surface area (Å²) in [4.78, 5) is 4.33. The molecule has 2 nitrogen and oxygen atoms in total. The van der Waals surface area contributed by atoms with Crippen LogP contribution in [0.1, 0.15) is 5.56 Å². The van der Waals surface area contributed by atoms with Gasteiger partial charge in [-0.2, -0.15) is 0 Å². The summed E-state index contributed by atoms with van der Waals surface area (Å²) in [6, 6.07) is 6.76. The monoisotopic (exact) mass is 253 g/mol. The summed E-state index contributed by atoms with van der Waals surface area (Å²) in [6.45, 7) is -0.168. The lowest BCUT2D eigenvalue weighted by atomic mass is 10.3. The Morgan fingerprint density at radius 3 is 2.76 bits per heavy atom. The predicted molar refractivity (Wildman–Crippen MR) is 60.6 cm³/mol. The van der Waals surface area contributed by atoms with Crippen LogP contribution >= 0.6 is 11.8 Å². The Hall–Kier alpha value is -1.46. The second kappa shape index (κ2) is 5.25. The van der Waals surface area contributed by atoms with Crippen LogP contribution in [0.25, 0.3) is 0 Å². The number of rotatable bonds is 3. The molecule has 0 saturated carbocycles. The van der Waals surface area contributed by atoms with Gasteiger partial charge in [0.05, 0.1) is 6.61 Å². The van der Waals surface area contributed by atoms with Crippen LogP contribution in [-0.4, -0.2) is 10.1 Å². The zero-order chi connectivity index (χ0) is 12.3. The van der Waals surface area contributed by atoms with E-state index < -0.39 is 11.6 Å². The molecule has 0 aliphatic rings. The van der Waals surface area contributed by atoms with Gasteiger partial charge in [0.15, 0.2) is 0 Å². The van der Waals surface area contributed by atoms with E-state index >= 15 is 0 Å². The van der Waals surface area contributed by atoms with Crippen molar-refractivity contribution in [2.75, 3.05) is 0 Å². The van der Waals surface area contributed by atoms with Crippen molar-refractivity contribution in [2.45, 2.75) is 16.5 Å². The van der Waals surface area contributed by atoms with Crippen LogP contribution in [0, 0.1) is 11.6 Å². The number of hydrogen-bond donors (Lipinski definition) is 1. The highest BCUT2D eigenvalue weighted by Crippen LogP contribution is 2.30. The standard InChI is InChI=1S/C12H9F2NOS/c13-9-3-4-11(10(14)6-9)17-12-8(7-16)2-1-5-15-12/h1-6,16H,7H2. The zero-order valence-corrected chi connectivity index (χ0v) is 9.55. The summed E-state index contributed by atoms with van der Waals surface area (Å²) in [5.74, 6) is -1.25. The van der Waals surface area contributed by atoms with E-state index in [-0.39, 0.29) is 11.5 Å². The Labute approximate surface area is 101 Å². The van der Waals surface area contributed by atoms with E-state index in [2.05, 4.69) is 4.98 Å². The molecule has 0 amide bonds. The van der Waals surface area contributed by atoms with Gasteiger partial charge in [-0.05, 0) is 18.2 Å². The number of aliphatic hydroxyl groups excluding tert-OH is 1. The van der Waals surface area contributed by atoms with Crippen molar-refractivity contribution in [1.29, 1.82) is 0 Å². The average molecular weight is 253 g/mol. The molecule has 1 N–H and O–H groups in total. The van der Waals surface area contributed by atoms with Crippen LogP contribution in [0.5, 0.6) is 0 Å². The van der Waals surface area contributed by atoms with Crippen LogP contribution in [-0.2, 0) is 6.61 Å². The molecule has 0 atom stereocenters. The number of aliphatic hydroxyl groups is 1. The highest BCUT2D eigenvalue weighted by Gasteiger charge is 2.09. The van der Waals surface area contributed by atoms with Crippen molar-refractivity contribution in [3.05, 3.63) is 53.7 Å². The zero-order valence-electron chi connectivity index (χ0n) is 8.73. The van der Waals surface area contributed by atoms with Crippen LogP contribution in [0.2, 0.25) is 0 Å². The highest BCUT2D eigenvalue weighted by molar-refractivity contribution is 7.99. The summed E-state index contributed by atoms with van der Waals surface area (Å²) < 4.78 is 26.1. The Morgan fingerprint density at radius 2 is 2.06 bits per heavy atom. The first-order valence-corrected chi connectivity index (χ1v) is 5.70. The molecule has 2 aromatic rings. The van der Waals surface area contributed by atoms with Gasteiger partial charge in [0.1, 0.15) is 16.7 Å². The normalized spacial score (nSPS) is 10.5. The van der Waals surface area contributed by atoms with Gasteiger partial charge in [0.25, 0.3) is 0 Å². The Balaban J connectivity index is 2.31. The molecule has 0 fully saturated rings. The molecule has 5 heteroatoms. The second-order valence-corrected chi connectivity index (χ2v) is 4.33. The van der Waals surface area contributed by atoms with Gasteiger partial charge in [0.2, 0.25) is 0 Å². The summed E-state index contributed by atoms with van der Waals surface area (Å²) >= 11 is 1.06. The molecule has 1 heterocycles. The molecular formula is C12H9F2NOS. The van der Waals surface area contributed by atoms with Crippen LogP contribution in [0.3, 0.4) is 0 Å². The first-order chi connectivity index (χ1) is 8.20. The van der Waals surface area contributed by atoms with Crippen molar-refractivity contribution in [1.82, 2.24) is 4.98 Å². The maximum atomic E-state index is 13.4. The van der Waals surface area contributed by atoms with Crippen molar-refractivity contribution < 1.29 is 13.9 Å². The maximum absolute atomic E-state index is 13.4. The molecule has 2 rings (SSSR count). The lowest BCUT2D eigenvalue weighted by Gasteiger charge is -2.06. The second-order valence-electron chi connectivity index (χ2n) is 3.30. The predicted octanol–water partition coefficient (Wildman–Crippen LogP) is 3.00. The van der Waals surface area contributed by atoms with Crippen LogP contribution in [0.4, 0.5) is 8.78 Å². The van der Waals surface area contributed by atoms with Gasteiger partial charge in [-0.3, -0.25) is 0 Å². The molecule has 0 aliphatic carbocycles. The lowest BCUT2D eigenvalue weighted by Crippen LogP contribution is -1.91. The van der Waals surface area contributed by atoms with Crippen molar-refractivity contribution in [3.8, 4) is 0 Å². The van der Waals surface area contributed by atoms with E-state index in [1.807, 2.05) is 0 Å². The number of pyridine rings is 1. The van der Waals surface area contributed by atoms with Gasteiger partial charge < -0.3 is 5.11 Å². The first-order valence-electron chi connectivity index (χ1n) is 4.88. The molecule has 0 aliphatic heterocycles. The SMILES string of the molecule is OCc1cccnc1Sc1ccc(F)cc1F. The smallest absolute Gasteiger partial charge is 0.140 e. The van der Waals surface area contributed by atoms with Gasteiger partial charge in [-0.1, -0.05) is 17.8 Å². The molecule has 17 heavy (non-hydrogen) atoms. The molecule has 0 bridgehead atoms. The summed E-state index contributed by atoms with van der Waals surface area (Å²) in [7, 11) is 0. The van der Waals surface area contributed by atoms with Gasteiger partial charge in [-0.25, -0.2) is 13.8 Å². The van der Waals surface area contributed by atoms with Gasteiger partial charge >= 0.3 is 0 Å². The topological polar surface area (TPSA) is 33.1 Å². The fourth-order valence-corrected chi connectivity index (χ4v) is 2.18. The van der Waals surface area contributed by atoms with Gasteiger partial charge in [0, 0.05) is 22.7 Å². The number of benzene rings is 1. The molecule has 0 radical (unpaired) electrons. The fraction of sp³-hybridized carbons (Fsp3) is 0.0833. The van der Waals surface area contributed by atoms with E-state index in [1.165, 1.54) is 12.1 Å². The van der Waals surface area contributed by atoms with Crippen LogP contribution in [0.15, 0.2) is 46.5 Å². The molecule has 1 aromatic heterocycles. The van der Waals surface area contributed by atoms with E-state index in [1.54, 1.807) is 18.3 Å². The minimum absolute atomic E-state index is 0.168. The van der Waals surface area contributed by atoms with E-state index in [9.17, 15) is 8.78 Å². The molecule has 0 unspecified atom stereocenters. The third-order valence-electron chi connectivity index (χ3n) is 2.12. The molecule has 1 aromatic carbocycles. The van der Waals surface area contributed by atoms with E-state index in [4.69, 9.17) is 5.11 Å². The lowest BCUT2D eigenvalue weighted by molar-refractivity contribution is 0.278. The number of aromatic nitrogens is 1.